The van der Waals surface area contributed by atoms with Gasteiger partial charge in [-0.15, -0.1) is 23.1 Å². The molecule has 0 bridgehead atoms. The van der Waals surface area contributed by atoms with Crippen molar-refractivity contribution in [1.82, 2.24) is 9.88 Å². The molecule has 1 aliphatic rings. The Labute approximate surface area is 215 Å². The number of benzene rings is 1. The van der Waals surface area contributed by atoms with Crippen LogP contribution in [0.5, 0.6) is 5.75 Å². The molecule has 4 rings (SSSR count). The van der Waals surface area contributed by atoms with Gasteiger partial charge in [0.25, 0.3) is 0 Å². The monoisotopic (exact) mass is 514 g/mol. The molecule has 1 fully saturated rings. The van der Waals surface area contributed by atoms with Crippen molar-refractivity contribution in [3.63, 3.8) is 0 Å². The lowest BCUT2D eigenvalue weighted by molar-refractivity contribution is -0.141. The van der Waals surface area contributed by atoms with Crippen LogP contribution in [0.15, 0.2) is 46.1 Å². The van der Waals surface area contributed by atoms with Crippen molar-refractivity contribution in [2.45, 2.75) is 49.3 Å². The standard InChI is InChI=1S/C27H34N2O4S2/c1-19-18-28-22-6-5-20(33-2)16-21(22)26(19)23(30)7-8-27(17-24(31)32)9-11-29(12-10-27)13-15-35-25-4-3-14-34-25/h3-6,14,16,18,23,30H,7-13,15,17H2,1-2H3,(H,31,32)/t23-/m1/s1. The van der Waals surface area contributed by atoms with Crippen LogP contribution < -0.4 is 4.74 Å². The third-order valence-electron chi connectivity index (χ3n) is 7.19. The van der Waals surface area contributed by atoms with Gasteiger partial charge in [0.2, 0.25) is 0 Å². The number of aliphatic hydroxyl groups excluding tert-OH is 1. The first kappa shape index (κ1) is 25.9. The molecule has 188 valence electrons. The summed E-state index contributed by atoms with van der Waals surface area (Å²) in [6, 6.07) is 9.93. The summed E-state index contributed by atoms with van der Waals surface area (Å²) in [5.74, 6) is 1.02. The molecule has 1 saturated heterocycles. The number of piperidine rings is 1. The number of hydrogen-bond acceptors (Lipinski definition) is 7. The number of fused-ring (bicyclic) bond motifs is 1. The summed E-state index contributed by atoms with van der Waals surface area (Å²) in [5, 5.41) is 23.9. The van der Waals surface area contributed by atoms with Gasteiger partial charge in [-0.1, -0.05) is 6.07 Å². The fraction of sp³-hybridized carbons (Fsp3) is 0.481. The average Bonchev–Trinajstić information content (AvgIpc) is 3.36. The maximum atomic E-state index is 11.8. The van der Waals surface area contributed by atoms with Crippen LogP contribution in [0.25, 0.3) is 10.9 Å². The van der Waals surface area contributed by atoms with Crippen LogP contribution in [0, 0.1) is 12.3 Å². The minimum Gasteiger partial charge on any atom is -0.497 e. The Morgan fingerprint density at radius 1 is 1.31 bits per heavy atom. The molecule has 35 heavy (non-hydrogen) atoms. The molecule has 0 aliphatic carbocycles. The van der Waals surface area contributed by atoms with Gasteiger partial charge in [-0.3, -0.25) is 9.78 Å². The number of ether oxygens (including phenoxy) is 1. The number of nitrogens with zero attached hydrogens (tertiary/aromatic N) is 2. The van der Waals surface area contributed by atoms with Gasteiger partial charge in [-0.05, 0) is 91.9 Å². The van der Waals surface area contributed by atoms with E-state index in [-0.39, 0.29) is 11.8 Å². The lowest BCUT2D eigenvalue weighted by atomic mass is 9.71. The maximum Gasteiger partial charge on any atom is 0.303 e. The SMILES string of the molecule is COc1ccc2ncc(C)c([C@H](O)CCC3(CC(=O)O)CCN(CCSc4cccs4)CC3)c2c1. The third-order valence-corrected chi connectivity index (χ3v) is 9.30. The van der Waals surface area contributed by atoms with E-state index in [0.29, 0.717) is 12.8 Å². The van der Waals surface area contributed by atoms with E-state index in [1.54, 1.807) is 24.6 Å². The normalized spacial score (nSPS) is 16.9. The smallest absolute Gasteiger partial charge is 0.303 e. The summed E-state index contributed by atoms with van der Waals surface area (Å²) in [7, 11) is 1.63. The van der Waals surface area contributed by atoms with Crippen LogP contribution in [-0.4, -0.2) is 58.6 Å². The van der Waals surface area contributed by atoms with E-state index in [1.165, 1.54) is 4.21 Å². The van der Waals surface area contributed by atoms with Gasteiger partial charge in [0.05, 0.1) is 29.4 Å². The van der Waals surface area contributed by atoms with Gasteiger partial charge in [0.1, 0.15) is 5.75 Å². The molecule has 0 unspecified atom stereocenters. The van der Waals surface area contributed by atoms with E-state index >= 15 is 0 Å². The number of aliphatic hydroxyl groups is 1. The summed E-state index contributed by atoms with van der Waals surface area (Å²) in [4.78, 5) is 18.7. The van der Waals surface area contributed by atoms with Crippen LogP contribution >= 0.6 is 23.1 Å². The van der Waals surface area contributed by atoms with Crippen molar-refractivity contribution in [2.24, 2.45) is 5.41 Å². The van der Waals surface area contributed by atoms with Crippen molar-refractivity contribution in [1.29, 1.82) is 0 Å². The molecule has 1 aromatic carbocycles. The number of carbonyl (C=O) groups is 1. The largest absolute Gasteiger partial charge is 0.497 e. The number of rotatable bonds is 11. The van der Waals surface area contributed by atoms with Crippen molar-refractivity contribution in [3.05, 3.63) is 53.0 Å². The summed E-state index contributed by atoms with van der Waals surface area (Å²) >= 11 is 3.66. The van der Waals surface area contributed by atoms with Gasteiger partial charge in [0.15, 0.2) is 0 Å². The Balaban J connectivity index is 1.40. The van der Waals surface area contributed by atoms with Crippen molar-refractivity contribution >= 4 is 40.0 Å². The summed E-state index contributed by atoms with van der Waals surface area (Å²) in [5.41, 5.74) is 2.34. The molecule has 3 aromatic rings. The molecular formula is C27H34N2O4S2. The van der Waals surface area contributed by atoms with Crippen LogP contribution in [0.1, 0.15) is 49.3 Å². The highest BCUT2D eigenvalue weighted by Crippen LogP contribution is 2.42. The summed E-state index contributed by atoms with van der Waals surface area (Å²) in [6.45, 7) is 4.79. The zero-order chi connectivity index (χ0) is 24.8. The molecule has 2 aromatic heterocycles. The molecule has 6 nitrogen and oxygen atoms in total. The fourth-order valence-corrected chi connectivity index (χ4v) is 7.02. The van der Waals surface area contributed by atoms with Crippen LogP contribution in [0.2, 0.25) is 0 Å². The van der Waals surface area contributed by atoms with Crippen molar-refractivity contribution in [3.8, 4) is 5.75 Å². The van der Waals surface area contributed by atoms with E-state index in [1.807, 2.05) is 36.9 Å². The minimum atomic E-state index is -0.753. The number of thiophene rings is 1. The van der Waals surface area contributed by atoms with E-state index in [0.717, 1.165) is 66.0 Å². The van der Waals surface area contributed by atoms with Crippen molar-refractivity contribution in [2.75, 3.05) is 32.5 Å². The Bertz CT molecular complexity index is 1130. The van der Waals surface area contributed by atoms with E-state index in [4.69, 9.17) is 4.74 Å². The second kappa shape index (κ2) is 11.7. The van der Waals surface area contributed by atoms with Gasteiger partial charge >= 0.3 is 5.97 Å². The predicted octanol–water partition coefficient (Wildman–Crippen LogP) is 5.78. The number of aromatic nitrogens is 1. The second-order valence-electron chi connectivity index (χ2n) is 9.49. The number of likely N-dealkylation sites (tertiary alicyclic amines) is 1. The highest BCUT2D eigenvalue weighted by Gasteiger charge is 2.37. The van der Waals surface area contributed by atoms with Crippen LogP contribution in [0.4, 0.5) is 0 Å². The highest BCUT2D eigenvalue weighted by molar-refractivity contribution is 8.01. The molecule has 8 heteroatoms. The number of aliphatic carboxylic acids is 1. The molecule has 0 radical (unpaired) electrons. The number of methoxy groups -OCH3 is 1. The van der Waals surface area contributed by atoms with Gasteiger partial charge in [-0.25, -0.2) is 0 Å². The lowest BCUT2D eigenvalue weighted by Gasteiger charge is -2.41. The molecule has 0 amide bonds. The second-order valence-corrected chi connectivity index (χ2v) is 11.8. The fourth-order valence-electron chi connectivity index (χ4n) is 5.16. The number of carboxylic acid groups (broad SMARTS) is 1. The molecule has 0 saturated carbocycles. The molecule has 2 N–H and O–H groups in total. The van der Waals surface area contributed by atoms with Gasteiger partial charge < -0.3 is 19.8 Å². The van der Waals surface area contributed by atoms with E-state index in [9.17, 15) is 15.0 Å². The quantitative estimate of drug-likeness (QED) is 0.314. The maximum absolute atomic E-state index is 11.8. The molecular weight excluding hydrogens is 480 g/mol. The summed E-state index contributed by atoms with van der Waals surface area (Å²) < 4.78 is 6.73. The number of aryl methyl sites for hydroxylation is 1. The number of pyridine rings is 1. The zero-order valence-corrected chi connectivity index (χ0v) is 22.0. The Kier molecular flexibility index (Phi) is 8.70. The molecule has 3 heterocycles. The zero-order valence-electron chi connectivity index (χ0n) is 20.4. The Hall–Kier alpha value is -2.13. The number of hydrogen-bond donors (Lipinski definition) is 2. The average molecular weight is 515 g/mol. The Morgan fingerprint density at radius 2 is 2.11 bits per heavy atom. The van der Waals surface area contributed by atoms with E-state index < -0.39 is 12.1 Å². The molecule has 1 atom stereocenters. The molecule has 0 spiro atoms. The first-order valence-electron chi connectivity index (χ1n) is 12.1. The Morgan fingerprint density at radius 3 is 2.80 bits per heavy atom. The summed E-state index contributed by atoms with van der Waals surface area (Å²) in [6.07, 6.45) is 4.18. The van der Waals surface area contributed by atoms with Crippen LogP contribution in [-0.2, 0) is 4.79 Å². The topological polar surface area (TPSA) is 82.9 Å². The minimum absolute atomic E-state index is 0.154. The van der Waals surface area contributed by atoms with Gasteiger partial charge in [0, 0.05) is 23.9 Å². The third kappa shape index (κ3) is 6.55. The lowest BCUT2D eigenvalue weighted by Crippen LogP contribution is -2.42. The first-order chi connectivity index (χ1) is 16.9. The van der Waals surface area contributed by atoms with Crippen molar-refractivity contribution < 1.29 is 19.7 Å². The highest BCUT2D eigenvalue weighted by atomic mass is 32.2. The van der Waals surface area contributed by atoms with Crippen LogP contribution in [0.3, 0.4) is 0 Å². The first-order valence-corrected chi connectivity index (χ1v) is 14.0. The number of thioether (sulfide) groups is 1. The predicted molar refractivity (Wildman–Crippen MR) is 143 cm³/mol. The number of carboxylic acids is 1. The van der Waals surface area contributed by atoms with E-state index in [2.05, 4.69) is 27.4 Å². The van der Waals surface area contributed by atoms with Gasteiger partial charge in [-0.2, -0.15) is 0 Å². The molecule has 1 aliphatic heterocycles.